The fourth-order valence-electron chi connectivity index (χ4n) is 2.82. The highest BCUT2D eigenvalue weighted by atomic mass is 32.2. The van der Waals surface area contributed by atoms with E-state index in [-0.39, 0.29) is 10.9 Å². The van der Waals surface area contributed by atoms with Crippen LogP contribution < -0.4 is 14.2 Å². The van der Waals surface area contributed by atoms with E-state index in [0.29, 0.717) is 18.0 Å². The topological polar surface area (TPSA) is 67.9 Å². The molecule has 1 aromatic carbocycles. The molecule has 0 aliphatic carbocycles. The molecule has 2 rings (SSSR count). The molecule has 1 atom stereocenters. The van der Waals surface area contributed by atoms with Gasteiger partial charge in [0.05, 0.1) is 14.2 Å². The lowest BCUT2D eigenvalue weighted by atomic mass is 10.2. The van der Waals surface area contributed by atoms with Crippen molar-refractivity contribution in [3.63, 3.8) is 0 Å². The van der Waals surface area contributed by atoms with Gasteiger partial charge in [-0.15, -0.1) is 0 Å². The number of ether oxygens (including phenoxy) is 2. The molecule has 1 aliphatic heterocycles. The Labute approximate surface area is 132 Å². The summed E-state index contributed by atoms with van der Waals surface area (Å²) in [6, 6.07) is 5.01. The summed E-state index contributed by atoms with van der Waals surface area (Å²) >= 11 is 0. The molecule has 1 aromatic rings. The van der Waals surface area contributed by atoms with Crippen LogP contribution in [0, 0.1) is 0 Å². The van der Waals surface area contributed by atoms with E-state index in [9.17, 15) is 8.42 Å². The summed E-state index contributed by atoms with van der Waals surface area (Å²) in [5, 5.41) is 0. The minimum Gasteiger partial charge on any atom is -0.497 e. The lowest BCUT2D eigenvalue weighted by Crippen LogP contribution is -2.40. The summed E-state index contributed by atoms with van der Waals surface area (Å²) in [6.07, 6.45) is 2.13. The van der Waals surface area contributed by atoms with Gasteiger partial charge in [0, 0.05) is 18.7 Å². The van der Waals surface area contributed by atoms with Gasteiger partial charge in [-0.25, -0.2) is 13.1 Å². The molecule has 22 heavy (non-hydrogen) atoms. The number of nitrogens with zero attached hydrogens (tertiary/aromatic N) is 1. The maximum atomic E-state index is 12.6. The van der Waals surface area contributed by atoms with Crippen molar-refractivity contribution >= 4 is 10.0 Å². The van der Waals surface area contributed by atoms with Crippen molar-refractivity contribution in [2.75, 3.05) is 33.9 Å². The van der Waals surface area contributed by atoms with E-state index in [1.165, 1.54) is 20.3 Å². The van der Waals surface area contributed by atoms with Crippen LogP contribution in [0.1, 0.15) is 19.8 Å². The quantitative estimate of drug-likeness (QED) is 0.821. The molecule has 0 bridgehead atoms. The Kier molecular flexibility index (Phi) is 5.66. The minimum absolute atomic E-state index is 0.107. The van der Waals surface area contributed by atoms with E-state index >= 15 is 0 Å². The summed E-state index contributed by atoms with van der Waals surface area (Å²) in [6.45, 7) is 4.48. The molecule has 7 heteroatoms. The van der Waals surface area contributed by atoms with E-state index in [0.717, 1.165) is 25.9 Å². The third kappa shape index (κ3) is 3.71. The van der Waals surface area contributed by atoms with Crippen LogP contribution in [-0.4, -0.2) is 53.2 Å². The predicted octanol–water partition coefficient (Wildman–Crippen LogP) is 1.47. The van der Waals surface area contributed by atoms with Crippen LogP contribution in [0.3, 0.4) is 0 Å². The highest BCUT2D eigenvalue weighted by molar-refractivity contribution is 7.89. The number of rotatable bonds is 7. The summed E-state index contributed by atoms with van der Waals surface area (Å²) in [4.78, 5) is 2.40. The van der Waals surface area contributed by atoms with Crippen molar-refractivity contribution in [1.29, 1.82) is 0 Å². The summed E-state index contributed by atoms with van der Waals surface area (Å²) in [5.41, 5.74) is 0. The van der Waals surface area contributed by atoms with Gasteiger partial charge in [-0.05, 0) is 38.1 Å². The largest absolute Gasteiger partial charge is 0.497 e. The van der Waals surface area contributed by atoms with Crippen molar-refractivity contribution in [3.8, 4) is 11.5 Å². The first-order valence-corrected chi connectivity index (χ1v) is 8.96. The van der Waals surface area contributed by atoms with Gasteiger partial charge in [0.25, 0.3) is 0 Å². The molecule has 124 valence electrons. The molecular formula is C15H24N2O4S. The first-order valence-electron chi connectivity index (χ1n) is 7.47. The van der Waals surface area contributed by atoms with Crippen molar-refractivity contribution in [2.45, 2.75) is 30.7 Å². The molecule has 0 saturated carbocycles. The Balaban J connectivity index is 2.16. The van der Waals surface area contributed by atoms with Crippen molar-refractivity contribution in [3.05, 3.63) is 18.2 Å². The van der Waals surface area contributed by atoms with E-state index in [2.05, 4.69) is 16.5 Å². The van der Waals surface area contributed by atoms with Gasteiger partial charge >= 0.3 is 0 Å². The highest BCUT2D eigenvalue weighted by Crippen LogP contribution is 2.28. The zero-order chi connectivity index (χ0) is 16.2. The molecule has 0 spiro atoms. The Morgan fingerprint density at radius 3 is 2.73 bits per heavy atom. The van der Waals surface area contributed by atoms with Crippen LogP contribution in [0.25, 0.3) is 0 Å². The van der Waals surface area contributed by atoms with E-state index in [1.807, 2.05) is 0 Å². The molecule has 1 heterocycles. The number of likely N-dealkylation sites (tertiary alicyclic amines) is 1. The molecule has 1 fully saturated rings. The average molecular weight is 328 g/mol. The maximum Gasteiger partial charge on any atom is 0.244 e. The van der Waals surface area contributed by atoms with Crippen LogP contribution in [0.4, 0.5) is 0 Å². The molecule has 1 aliphatic rings. The molecular weight excluding hydrogens is 304 g/mol. The molecule has 1 saturated heterocycles. The second-order valence-electron chi connectivity index (χ2n) is 5.29. The summed E-state index contributed by atoms with van der Waals surface area (Å²) in [7, 11) is -0.678. The van der Waals surface area contributed by atoms with Gasteiger partial charge in [0.1, 0.15) is 16.4 Å². The van der Waals surface area contributed by atoms with Crippen molar-refractivity contribution in [1.82, 2.24) is 9.62 Å². The van der Waals surface area contributed by atoms with E-state index in [1.54, 1.807) is 12.1 Å². The number of benzene rings is 1. The van der Waals surface area contributed by atoms with Gasteiger partial charge in [0.2, 0.25) is 10.0 Å². The zero-order valence-electron chi connectivity index (χ0n) is 13.3. The molecule has 1 N–H and O–H groups in total. The Morgan fingerprint density at radius 1 is 1.32 bits per heavy atom. The first-order chi connectivity index (χ1) is 10.5. The molecule has 0 amide bonds. The van der Waals surface area contributed by atoms with Crippen LogP contribution in [-0.2, 0) is 10.0 Å². The number of methoxy groups -OCH3 is 2. The molecule has 0 radical (unpaired) electrons. The Hall–Kier alpha value is -1.31. The highest BCUT2D eigenvalue weighted by Gasteiger charge is 2.26. The fraction of sp³-hybridized carbons (Fsp3) is 0.600. The third-order valence-electron chi connectivity index (χ3n) is 4.07. The molecule has 6 nitrogen and oxygen atoms in total. The van der Waals surface area contributed by atoms with Crippen LogP contribution in [0.5, 0.6) is 11.5 Å². The fourth-order valence-corrected chi connectivity index (χ4v) is 4.08. The standard InChI is InChI=1S/C15H24N2O4S/c1-4-17-9-5-6-12(17)11-16-22(18,19)15-10-13(20-2)7-8-14(15)21-3/h7-8,10,12,16H,4-6,9,11H2,1-3H3/t12-/m0/s1. The van der Waals surface area contributed by atoms with Gasteiger partial charge in [-0.1, -0.05) is 6.92 Å². The number of nitrogens with one attached hydrogen (secondary N) is 1. The Bertz CT molecular complexity index is 604. The predicted molar refractivity (Wildman–Crippen MR) is 85.0 cm³/mol. The lowest BCUT2D eigenvalue weighted by molar-refractivity contribution is 0.268. The first kappa shape index (κ1) is 17.1. The average Bonchev–Trinajstić information content (AvgIpc) is 3.00. The van der Waals surface area contributed by atoms with Crippen molar-refractivity contribution in [2.24, 2.45) is 0 Å². The summed E-state index contributed by atoms with van der Waals surface area (Å²) in [5.74, 6) is 0.796. The van der Waals surface area contributed by atoms with Gasteiger partial charge in [-0.2, -0.15) is 0 Å². The smallest absolute Gasteiger partial charge is 0.244 e. The van der Waals surface area contributed by atoms with Crippen molar-refractivity contribution < 1.29 is 17.9 Å². The second-order valence-corrected chi connectivity index (χ2v) is 7.03. The van der Waals surface area contributed by atoms with Gasteiger partial charge < -0.3 is 9.47 Å². The third-order valence-corrected chi connectivity index (χ3v) is 5.52. The van der Waals surface area contributed by atoms with Crippen LogP contribution in [0.2, 0.25) is 0 Å². The van der Waals surface area contributed by atoms with Gasteiger partial charge in [-0.3, -0.25) is 4.90 Å². The summed E-state index contributed by atoms with van der Waals surface area (Å²) < 4.78 is 38.1. The number of likely N-dealkylation sites (N-methyl/N-ethyl adjacent to an activating group) is 1. The second kappa shape index (κ2) is 7.30. The molecule has 0 aromatic heterocycles. The molecule has 0 unspecified atom stereocenters. The van der Waals surface area contributed by atoms with E-state index in [4.69, 9.17) is 9.47 Å². The number of hydrogen-bond acceptors (Lipinski definition) is 5. The lowest BCUT2D eigenvalue weighted by Gasteiger charge is -2.23. The number of hydrogen-bond donors (Lipinski definition) is 1. The maximum absolute atomic E-state index is 12.6. The zero-order valence-corrected chi connectivity index (χ0v) is 14.1. The normalized spacial score (nSPS) is 19.3. The number of sulfonamides is 1. The Morgan fingerprint density at radius 2 is 2.09 bits per heavy atom. The monoisotopic (exact) mass is 328 g/mol. The van der Waals surface area contributed by atoms with E-state index < -0.39 is 10.0 Å². The van der Waals surface area contributed by atoms with Crippen LogP contribution in [0.15, 0.2) is 23.1 Å². The van der Waals surface area contributed by atoms with Crippen LogP contribution >= 0.6 is 0 Å². The minimum atomic E-state index is -3.64. The SMILES string of the molecule is CCN1CCC[C@H]1CNS(=O)(=O)c1cc(OC)ccc1OC. The van der Waals surface area contributed by atoms with Gasteiger partial charge in [0.15, 0.2) is 0 Å².